The fourth-order valence-electron chi connectivity index (χ4n) is 3.14. The molecule has 0 spiro atoms. The Morgan fingerprint density at radius 3 is 2.42 bits per heavy atom. The van der Waals surface area contributed by atoms with Gasteiger partial charge in [-0.15, -0.1) is 0 Å². The van der Waals surface area contributed by atoms with Crippen molar-refractivity contribution in [1.29, 1.82) is 0 Å². The Hall–Kier alpha value is -1.91. The molecule has 0 bridgehead atoms. The summed E-state index contributed by atoms with van der Waals surface area (Å²) in [5, 5.41) is 2.80. The van der Waals surface area contributed by atoms with Gasteiger partial charge < -0.3 is 10.1 Å². The van der Waals surface area contributed by atoms with Crippen LogP contribution in [0.1, 0.15) is 52.0 Å². The molecule has 132 valence electrons. The van der Waals surface area contributed by atoms with E-state index in [9.17, 15) is 14.0 Å². The summed E-state index contributed by atoms with van der Waals surface area (Å²) in [6.07, 6.45) is 2.80. The van der Waals surface area contributed by atoms with Crippen LogP contribution < -0.4 is 5.32 Å². The Balaban J connectivity index is 2.06. The van der Waals surface area contributed by atoms with Gasteiger partial charge in [0.2, 0.25) is 0 Å². The van der Waals surface area contributed by atoms with Crippen molar-refractivity contribution in [3.05, 3.63) is 35.6 Å². The molecule has 1 aliphatic rings. The molecular formula is C19H26FNO3. The van der Waals surface area contributed by atoms with Crippen LogP contribution >= 0.6 is 0 Å². The fourth-order valence-corrected chi connectivity index (χ4v) is 3.14. The third-order valence-electron chi connectivity index (χ3n) is 4.96. The van der Waals surface area contributed by atoms with Crippen LogP contribution in [-0.2, 0) is 19.7 Å². The van der Waals surface area contributed by atoms with Crippen molar-refractivity contribution in [3.63, 3.8) is 0 Å². The predicted octanol–water partition coefficient (Wildman–Crippen LogP) is 3.34. The summed E-state index contributed by atoms with van der Waals surface area (Å²) in [6.45, 7) is 5.58. The van der Waals surface area contributed by atoms with Crippen molar-refractivity contribution in [2.45, 2.75) is 57.9 Å². The lowest BCUT2D eigenvalue weighted by Crippen LogP contribution is -2.41. The second-order valence-corrected chi connectivity index (χ2v) is 6.95. The first kappa shape index (κ1) is 18.4. The highest BCUT2D eigenvalue weighted by Crippen LogP contribution is 2.43. The molecule has 0 aromatic heterocycles. The summed E-state index contributed by atoms with van der Waals surface area (Å²) in [7, 11) is 0. The van der Waals surface area contributed by atoms with Gasteiger partial charge in [-0.25, -0.2) is 4.39 Å². The van der Waals surface area contributed by atoms with Gasteiger partial charge in [-0.3, -0.25) is 9.59 Å². The van der Waals surface area contributed by atoms with Gasteiger partial charge in [-0.05, 0) is 31.7 Å². The first-order chi connectivity index (χ1) is 11.4. The topological polar surface area (TPSA) is 55.4 Å². The normalized spacial score (nSPS) is 17.5. The third-order valence-corrected chi connectivity index (χ3v) is 4.96. The average molecular weight is 335 g/mol. The number of ether oxygens (including phenoxy) is 1. The molecule has 0 saturated heterocycles. The lowest BCUT2D eigenvalue weighted by Gasteiger charge is -2.27. The monoisotopic (exact) mass is 335 g/mol. The first-order valence-electron chi connectivity index (χ1n) is 8.58. The molecule has 0 aliphatic heterocycles. The highest BCUT2D eigenvalue weighted by molar-refractivity contribution is 5.86. The zero-order valence-electron chi connectivity index (χ0n) is 14.6. The highest BCUT2D eigenvalue weighted by atomic mass is 19.1. The number of hydrogen-bond acceptors (Lipinski definition) is 3. The Kier molecular flexibility index (Phi) is 5.97. The Bertz CT molecular complexity index is 594. The van der Waals surface area contributed by atoms with Crippen LogP contribution in [0.5, 0.6) is 0 Å². The van der Waals surface area contributed by atoms with Gasteiger partial charge >= 0.3 is 5.97 Å². The summed E-state index contributed by atoms with van der Waals surface area (Å²) < 4.78 is 19.5. The number of benzene rings is 1. The minimum Gasteiger partial charge on any atom is -0.455 e. The number of carbonyl (C=O) groups is 2. The number of carbonyl (C=O) groups excluding carboxylic acids is 2. The molecule has 1 fully saturated rings. The lowest BCUT2D eigenvalue weighted by molar-refractivity contribution is -0.154. The molecule has 0 heterocycles. The van der Waals surface area contributed by atoms with Gasteiger partial charge in [0.25, 0.3) is 5.91 Å². The molecule has 0 unspecified atom stereocenters. The zero-order chi connectivity index (χ0) is 17.7. The van der Waals surface area contributed by atoms with Gasteiger partial charge in [0.1, 0.15) is 5.82 Å². The van der Waals surface area contributed by atoms with Crippen molar-refractivity contribution in [2.24, 2.45) is 5.92 Å². The highest BCUT2D eigenvalue weighted by Gasteiger charge is 2.45. The maximum Gasteiger partial charge on any atom is 0.317 e. The molecule has 24 heavy (non-hydrogen) atoms. The summed E-state index contributed by atoms with van der Waals surface area (Å²) in [5.41, 5.74) is -0.585. The quantitative estimate of drug-likeness (QED) is 0.811. The molecule has 1 aliphatic carbocycles. The van der Waals surface area contributed by atoms with Crippen LogP contribution in [0.4, 0.5) is 4.39 Å². The lowest BCUT2D eigenvalue weighted by atomic mass is 9.78. The largest absolute Gasteiger partial charge is 0.455 e. The van der Waals surface area contributed by atoms with E-state index in [2.05, 4.69) is 5.32 Å². The number of hydrogen-bond donors (Lipinski definition) is 1. The Morgan fingerprint density at radius 1 is 1.21 bits per heavy atom. The van der Waals surface area contributed by atoms with Crippen molar-refractivity contribution in [2.75, 3.05) is 6.61 Å². The van der Waals surface area contributed by atoms with E-state index in [0.717, 1.165) is 12.8 Å². The maximum atomic E-state index is 14.2. The van der Waals surface area contributed by atoms with E-state index in [1.807, 2.05) is 20.8 Å². The van der Waals surface area contributed by atoms with Crippen molar-refractivity contribution < 1.29 is 18.7 Å². The molecule has 0 radical (unpaired) electrons. The number of esters is 1. The van der Waals surface area contributed by atoms with E-state index in [4.69, 9.17) is 4.74 Å². The molecule has 5 heteroatoms. The second kappa shape index (κ2) is 7.77. The van der Waals surface area contributed by atoms with Gasteiger partial charge in [-0.1, -0.05) is 44.9 Å². The van der Waals surface area contributed by atoms with E-state index >= 15 is 0 Å². The summed E-state index contributed by atoms with van der Waals surface area (Å²) in [5.74, 6) is -0.929. The summed E-state index contributed by atoms with van der Waals surface area (Å²) in [6, 6.07) is 6.34. The van der Waals surface area contributed by atoms with Gasteiger partial charge in [-0.2, -0.15) is 0 Å². The van der Waals surface area contributed by atoms with Gasteiger partial charge in [0.15, 0.2) is 6.61 Å². The molecule has 1 saturated carbocycles. The SMILES string of the molecule is CC(C)[C@@H](C)NC(=O)COC(=O)C1(c2ccccc2F)CCCC1. The molecule has 1 aromatic rings. The molecule has 1 aromatic carbocycles. The standard InChI is InChI=1S/C19H26FNO3/c1-13(2)14(3)21-17(22)12-24-18(23)19(10-6-7-11-19)15-8-4-5-9-16(15)20/h4-5,8-9,13-14H,6-7,10-12H2,1-3H3,(H,21,22)/t14-/m1/s1. The van der Waals surface area contributed by atoms with E-state index in [1.165, 1.54) is 6.07 Å². The van der Waals surface area contributed by atoms with Crippen LogP contribution in [0, 0.1) is 11.7 Å². The van der Waals surface area contributed by atoms with Gasteiger partial charge in [0.05, 0.1) is 5.41 Å². The zero-order valence-corrected chi connectivity index (χ0v) is 14.6. The second-order valence-electron chi connectivity index (χ2n) is 6.95. The fraction of sp³-hybridized carbons (Fsp3) is 0.579. The minimum atomic E-state index is -0.963. The molecular weight excluding hydrogens is 309 g/mol. The van der Waals surface area contributed by atoms with Crippen LogP contribution in [0.3, 0.4) is 0 Å². The maximum absolute atomic E-state index is 14.2. The number of nitrogens with one attached hydrogen (secondary N) is 1. The van der Waals surface area contributed by atoms with E-state index in [0.29, 0.717) is 24.3 Å². The number of amides is 1. The average Bonchev–Trinajstić information content (AvgIpc) is 3.03. The van der Waals surface area contributed by atoms with Gasteiger partial charge in [0, 0.05) is 11.6 Å². The van der Waals surface area contributed by atoms with E-state index in [-0.39, 0.29) is 18.6 Å². The molecule has 1 N–H and O–H groups in total. The number of rotatable bonds is 6. The Labute approximate surface area is 142 Å². The first-order valence-corrected chi connectivity index (χ1v) is 8.58. The van der Waals surface area contributed by atoms with E-state index < -0.39 is 17.2 Å². The van der Waals surface area contributed by atoms with Crippen LogP contribution in [0.15, 0.2) is 24.3 Å². The smallest absolute Gasteiger partial charge is 0.317 e. The van der Waals surface area contributed by atoms with Crippen molar-refractivity contribution in [1.82, 2.24) is 5.32 Å². The van der Waals surface area contributed by atoms with Crippen molar-refractivity contribution >= 4 is 11.9 Å². The minimum absolute atomic E-state index is 0.00297. The predicted molar refractivity (Wildman–Crippen MR) is 89.9 cm³/mol. The molecule has 4 nitrogen and oxygen atoms in total. The Morgan fingerprint density at radius 2 is 1.83 bits per heavy atom. The summed E-state index contributed by atoms with van der Waals surface area (Å²) >= 11 is 0. The number of halogens is 1. The van der Waals surface area contributed by atoms with Crippen LogP contribution in [-0.4, -0.2) is 24.5 Å². The molecule has 2 rings (SSSR count). The van der Waals surface area contributed by atoms with Crippen molar-refractivity contribution in [3.8, 4) is 0 Å². The van der Waals surface area contributed by atoms with Crippen LogP contribution in [0.2, 0.25) is 0 Å². The van der Waals surface area contributed by atoms with Crippen LogP contribution in [0.25, 0.3) is 0 Å². The third kappa shape index (κ3) is 3.94. The molecule has 1 amide bonds. The summed E-state index contributed by atoms with van der Waals surface area (Å²) in [4.78, 5) is 24.6. The molecule has 1 atom stereocenters. The van der Waals surface area contributed by atoms with E-state index in [1.54, 1.807) is 18.2 Å².